The number of amides is 1. The first kappa shape index (κ1) is 13.8. The first-order valence-electron chi connectivity index (χ1n) is 8.08. The second-order valence-corrected chi connectivity index (χ2v) is 7.16. The molecule has 2 aliphatic rings. The van der Waals surface area contributed by atoms with Crippen LogP contribution < -0.4 is 5.32 Å². The SMILES string of the molecule is O=C1c2ccccc2N[C@@H](c2cn[nH]c2-c2cccs2)N1C1CC1. The molecule has 0 saturated heterocycles. The van der Waals surface area contributed by atoms with Crippen molar-refractivity contribution in [3.05, 3.63) is 59.1 Å². The van der Waals surface area contributed by atoms with Crippen molar-refractivity contribution >= 4 is 22.9 Å². The number of nitrogens with zero attached hydrogens (tertiary/aromatic N) is 2. The molecule has 2 N–H and O–H groups in total. The normalized spacial score (nSPS) is 19.9. The Morgan fingerprint density at radius 2 is 2.04 bits per heavy atom. The Kier molecular flexibility index (Phi) is 2.99. The molecule has 24 heavy (non-hydrogen) atoms. The highest BCUT2D eigenvalue weighted by atomic mass is 32.1. The number of thiophene rings is 1. The maximum Gasteiger partial charge on any atom is 0.258 e. The van der Waals surface area contributed by atoms with Gasteiger partial charge >= 0.3 is 0 Å². The molecule has 6 heteroatoms. The van der Waals surface area contributed by atoms with Crippen LogP contribution in [0.15, 0.2) is 48.0 Å². The minimum atomic E-state index is -0.184. The Hall–Kier alpha value is -2.60. The number of aromatic nitrogens is 2. The topological polar surface area (TPSA) is 61.0 Å². The van der Waals surface area contributed by atoms with Crippen molar-refractivity contribution in [2.45, 2.75) is 25.0 Å². The van der Waals surface area contributed by atoms with Gasteiger partial charge in [0.25, 0.3) is 5.91 Å². The molecule has 3 aromatic rings. The Labute approximate surface area is 143 Å². The number of aromatic amines is 1. The summed E-state index contributed by atoms with van der Waals surface area (Å²) in [5, 5.41) is 13.0. The molecular weight excluding hydrogens is 320 g/mol. The summed E-state index contributed by atoms with van der Waals surface area (Å²) in [5.41, 5.74) is 3.65. The number of H-pyrrole nitrogens is 1. The number of rotatable bonds is 3. The standard InChI is InChI=1S/C18H16N4OS/c23-18-12-4-1-2-5-14(12)20-17(22(18)11-7-8-11)13-10-19-21-16(13)15-6-3-9-24-15/h1-6,9-11,17,20H,7-8H2,(H,19,21)/t17-/m1/s1. The third kappa shape index (κ3) is 2.06. The minimum Gasteiger partial charge on any atom is -0.361 e. The van der Waals surface area contributed by atoms with Gasteiger partial charge in [0.2, 0.25) is 0 Å². The van der Waals surface area contributed by atoms with Crippen molar-refractivity contribution in [1.82, 2.24) is 15.1 Å². The predicted octanol–water partition coefficient (Wildman–Crippen LogP) is 3.87. The van der Waals surface area contributed by atoms with Gasteiger partial charge < -0.3 is 10.2 Å². The molecule has 0 radical (unpaired) electrons. The lowest BCUT2D eigenvalue weighted by Crippen LogP contribution is -2.44. The van der Waals surface area contributed by atoms with E-state index in [1.54, 1.807) is 11.3 Å². The number of carbonyl (C=O) groups excluding carboxylic acids is 1. The van der Waals surface area contributed by atoms with Crippen LogP contribution in [0, 0.1) is 0 Å². The van der Waals surface area contributed by atoms with Crippen LogP contribution in [0.4, 0.5) is 5.69 Å². The summed E-state index contributed by atoms with van der Waals surface area (Å²) in [5.74, 6) is 0.107. The van der Waals surface area contributed by atoms with Gasteiger partial charge in [0, 0.05) is 17.3 Å². The molecule has 1 amide bonds. The fourth-order valence-corrected chi connectivity index (χ4v) is 4.09. The molecule has 5 nitrogen and oxygen atoms in total. The molecule has 0 unspecified atom stereocenters. The Morgan fingerprint density at radius 1 is 1.17 bits per heavy atom. The molecule has 3 heterocycles. The summed E-state index contributed by atoms with van der Waals surface area (Å²) in [6, 6.07) is 12.1. The average molecular weight is 336 g/mol. The van der Waals surface area contributed by atoms with E-state index in [-0.39, 0.29) is 12.1 Å². The zero-order chi connectivity index (χ0) is 16.1. The summed E-state index contributed by atoms with van der Waals surface area (Å²) in [7, 11) is 0. The van der Waals surface area contributed by atoms with Crippen LogP contribution >= 0.6 is 11.3 Å². The molecule has 1 fully saturated rings. The summed E-state index contributed by atoms with van der Waals surface area (Å²) in [6.07, 6.45) is 3.79. The van der Waals surface area contributed by atoms with Crippen molar-refractivity contribution < 1.29 is 4.79 Å². The van der Waals surface area contributed by atoms with Gasteiger partial charge in [-0.05, 0) is 36.4 Å². The van der Waals surface area contributed by atoms with E-state index < -0.39 is 0 Å². The number of hydrogen-bond acceptors (Lipinski definition) is 4. The zero-order valence-corrected chi connectivity index (χ0v) is 13.7. The van der Waals surface area contributed by atoms with E-state index in [0.29, 0.717) is 6.04 Å². The van der Waals surface area contributed by atoms with Crippen LogP contribution in [-0.2, 0) is 0 Å². The average Bonchev–Trinajstić information content (AvgIpc) is 3.11. The van der Waals surface area contributed by atoms with E-state index in [2.05, 4.69) is 21.6 Å². The van der Waals surface area contributed by atoms with Crippen LogP contribution in [0.5, 0.6) is 0 Å². The second kappa shape index (κ2) is 5.21. The van der Waals surface area contributed by atoms with Gasteiger partial charge in [0.05, 0.1) is 22.3 Å². The first-order chi connectivity index (χ1) is 11.8. The van der Waals surface area contributed by atoms with Crippen molar-refractivity contribution in [1.29, 1.82) is 0 Å². The Bertz CT molecular complexity index is 897. The summed E-state index contributed by atoms with van der Waals surface area (Å²) in [4.78, 5) is 16.2. The van der Waals surface area contributed by atoms with E-state index in [4.69, 9.17) is 0 Å². The summed E-state index contributed by atoms with van der Waals surface area (Å²) < 4.78 is 0. The molecular formula is C18H16N4OS. The largest absolute Gasteiger partial charge is 0.361 e. The minimum absolute atomic E-state index is 0.107. The Balaban J connectivity index is 1.63. The zero-order valence-electron chi connectivity index (χ0n) is 12.9. The molecule has 1 atom stereocenters. The van der Waals surface area contributed by atoms with Crippen molar-refractivity contribution in [2.75, 3.05) is 5.32 Å². The lowest BCUT2D eigenvalue weighted by Gasteiger charge is -2.38. The van der Waals surface area contributed by atoms with Gasteiger partial charge in [-0.25, -0.2) is 0 Å². The number of anilines is 1. The van der Waals surface area contributed by atoms with Gasteiger partial charge in [-0.1, -0.05) is 18.2 Å². The Morgan fingerprint density at radius 3 is 2.83 bits per heavy atom. The van der Waals surface area contributed by atoms with Crippen LogP contribution in [0.2, 0.25) is 0 Å². The molecule has 1 aliphatic carbocycles. The molecule has 120 valence electrons. The number of benzene rings is 1. The van der Waals surface area contributed by atoms with Crippen molar-refractivity contribution in [3.8, 4) is 10.6 Å². The fraction of sp³-hybridized carbons (Fsp3) is 0.222. The van der Waals surface area contributed by atoms with Crippen LogP contribution in [-0.4, -0.2) is 27.0 Å². The molecule has 0 bridgehead atoms. The van der Waals surface area contributed by atoms with Gasteiger partial charge in [-0.2, -0.15) is 5.10 Å². The number of hydrogen-bond donors (Lipinski definition) is 2. The third-order valence-corrected chi connectivity index (χ3v) is 5.52. The third-order valence-electron chi connectivity index (χ3n) is 4.63. The molecule has 1 aromatic carbocycles. The van der Waals surface area contributed by atoms with E-state index in [9.17, 15) is 4.79 Å². The van der Waals surface area contributed by atoms with Crippen LogP contribution in [0.25, 0.3) is 10.6 Å². The highest BCUT2D eigenvalue weighted by Gasteiger charge is 2.43. The highest BCUT2D eigenvalue weighted by molar-refractivity contribution is 7.13. The number of nitrogens with one attached hydrogen (secondary N) is 2. The smallest absolute Gasteiger partial charge is 0.258 e. The lowest BCUT2D eigenvalue weighted by atomic mass is 10.0. The number of fused-ring (bicyclic) bond motifs is 1. The van der Waals surface area contributed by atoms with Crippen molar-refractivity contribution in [2.24, 2.45) is 0 Å². The number of para-hydroxylation sites is 1. The molecule has 2 aromatic heterocycles. The quantitative estimate of drug-likeness (QED) is 0.763. The summed E-state index contributed by atoms with van der Waals surface area (Å²) >= 11 is 1.67. The van der Waals surface area contributed by atoms with Crippen LogP contribution in [0.3, 0.4) is 0 Å². The maximum atomic E-state index is 13.1. The van der Waals surface area contributed by atoms with Crippen LogP contribution in [0.1, 0.15) is 34.9 Å². The highest BCUT2D eigenvalue weighted by Crippen LogP contribution is 2.42. The maximum absolute atomic E-state index is 13.1. The van der Waals surface area contributed by atoms with Gasteiger partial charge in [0.15, 0.2) is 0 Å². The van der Waals surface area contributed by atoms with Gasteiger partial charge in [-0.15, -0.1) is 11.3 Å². The number of carbonyl (C=O) groups is 1. The van der Waals surface area contributed by atoms with E-state index in [1.807, 2.05) is 46.8 Å². The molecule has 0 spiro atoms. The van der Waals surface area contributed by atoms with E-state index in [1.165, 1.54) is 0 Å². The van der Waals surface area contributed by atoms with E-state index >= 15 is 0 Å². The monoisotopic (exact) mass is 336 g/mol. The van der Waals surface area contributed by atoms with E-state index in [0.717, 1.165) is 40.2 Å². The summed E-state index contributed by atoms with van der Waals surface area (Å²) in [6.45, 7) is 0. The van der Waals surface area contributed by atoms with Crippen molar-refractivity contribution in [3.63, 3.8) is 0 Å². The first-order valence-corrected chi connectivity index (χ1v) is 8.96. The van der Waals surface area contributed by atoms with Gasteiger partial charge in [-0.3, -0.25) is 9.89 Å². The molecule has 1 aliphatic heterocycles. The molecule has 5 rings (SSSR count). The molecule has 1 saturated carbocycles. The lowest BCUT2D eigenvalue weighted by molar-refractivity contribution is 0.0667. The fourth-order valence-electron chi connectivity index (χ4n) is 3.35. The predicted molar refractivity (Wildman–Crippen MR) is 93.9 cm³/mol. The van der Waals surface area contributed by atoms with Gasteiger partial charge in [0.1, 0.15) is 6.17 Å². The second-order valence-electron chi connectivity index (χ2n) is 6.21.